The molecule has 0 aromatic rings. The van der Waals surface area contributed by atoms with E-state index in [1.54, 1.807) is 0 Å². The summed E-state index contributed by atoms with van der Waals surface area (Å²) >= 11 is 0. The highest BCUT2D eigenvalue weighted by atomic mass is 32.2. The Hall–Kier alpha value is -0.820. The number of nitrogens with zero attached hydrogens (tertiary/aromatic N) is 1. The average Bonchev–Trinajstić information content (AvgIpc) is 2.47. The lowest BCUT2D eigenvalue weighted by molar-refractivity contribution is -0.0482. The second kappa shape index (κ2) is 10.9. The van der Waals surface area contributed by atoms with Gasteiger partial charge in [-0.3, -0.25) is 0 Å². The van der Waals surface area contributed by atoms with Crippen LogP contribution in [0.15, 0.2) is 25.3 Å². The van der Waals surface area contributed by atoms with Crippen molar-refractivity contribution in [3.05, 3.63) is 25.3 Å². The summed E-state index contributed by atoms with van der Waals surface area (Å²) in [4.78, 5) is 0. The van der Waals surface area contributed by atoms with Crippen LogP contribution < -0.4 is 0 Å². The van der Waals surface area contributed by atoms with Gasteiger partial charge in [0.15, 0.2) is 0 Å². The van der Waals surface area contributed by atoms with Crippen LogP contribution in [-0.2, 0) is 10.0 Å². The fourth-order valence-corrected chi connectivity index (χ4v) is 3.01. The van der Waals surface area contributed by atoms with Crippen LogP contribution in [0.4, 0.5) is 13.2 Å². The molecule has 0 bridgehead atoms. The second-order valence-corrected chi connectivity index (χ2v) is 7.73. The molecule has 0 fully saturated rings. The minimum atomic E-state index is -5.23. The first-order chi connectivity index (χ1) is 10.7. The number of hydrogen-bond donors (Lipinski definition) is 0. The van der Waals surface area contributed by atoms with Crippen molar-refractivity contribution in [3.8, 4) is 0 Å². The molecule has 0 aliphatic heterocycles. The first kappa shape index (κ1) is 22.2. The SMILES string of the molecule is C=CCCCCCC(C=C)CCCCN(C)S(=O)(=O)C(F)(F)F. The summed E-state index contributed by atoms with van der Waals surface area (Å²) in [5, 5.41) is 0. The van der Waals surface area contributed by atoms with Gasteiger partial charge in [-0.1, -0.05) is 31.4 Å². The molecule has 0 radical (unpaired) electrons. The Bertz CT molecular complexity index is 447. The number of hydrogen-bond acceptors (Lipinski definition) is 2. The summed E-state index contributed by atoms with van der Waals surface area (Å²) in [6.45, 7) is 7.34. The maximum Gasteiger partial charge on any atom is 0.511 e. The first-order valence-electron chi connectivity index (χ1n) is 7.92. The molecule has 7 heteroatoms. The van der Waals surface area contributed by atoms with Crippen molar-refractivity contribution in [1.29, 1.82) is 0 Å². The van der Waals surface area contributed by atoms with Gasteiger partial charge in [0.05, 0.1) is 0 Å². The summed E-state index contributed by atoms with van der Waals surface area (Å²) in [6, 6.07) is 0. The van der Waals surface area contributed by atoms with Crippen LogP contribution in [-0.4, -0.2) is 31.8 Å². The Kier molecular flexibility index (Phi) is 10.5. The van der Waals surface area contributed by atoms with Gasteiger partial charge < -0.3 is 0 Å². The molecule has 1 unspecified atom stereocenters. The number of unbranched alkanes of at least 4 members (excludes halogenated alkanes) is 4. The predicted molar refractivity (Wildman–Crippen MR) is 88.4 cm³/mol. The molecule has 0 N–H and O–H groups in total. The summed E-state index contributed by atoms with van der Waals surface area (Å²) in [5.41, 5.74) is -5.23. The largest absolute Gasteiger partial charge is 0.511 e. The third-order valence-electron chi connectivity index (χ3n) is 3.82. The Morgan fingerprint density at radius 2 is 1.61 bits per heavy atom. The average molecular weight is 355 g/mol. The first-order valence-corrected chi connectivity index (χ1v) is 9.37. The Labute approximate surface area is 138 Å². The maximum absolute atomic E-state index is 12.4. The Balaban J connectivity index is 4.00. The molecule has 0 aliphatic rings. The van der Waals surface area contributed by atoms with Crippen molar-refractivity contribution >= 4 is 10.0 Å². The molecule has 1 atom stereocenters. The lowest BCUT2D eigenvalue weighted by atomic mass is 9.95. The van der Waals surface area contributed by atoms with Crippen LogP contribution in [0.2, 0.25) is 0 Å². The number of halogens is 3. The van der Waals surface area contributed by atoms with E-state index >= 15 is 0 Å². The van der Waals surface area contributed by atoms with Crippen molar-refractivity contribution < 1.29 is 21.6 Å². The fourth-order valence-electron chi connectivity index (χ4n) is 2.29. The van der Waals surface area contributed by atoms with Crippen LogP contribution in [0.5, 0.6) is 0 Å². The monoisotopic (exact) mass is 355 g/mol. The van der Waals surface area contributed by atoms with Crippen molar-refractivity contribution in [2.45, 2.75) is 56.9 Å². The quantitative estimate of drug-likeness (QED) is 0.349. The zero-order valence-electron chi connectivity index (χ0n) is 13.8. The third kappa shape index (κ3) is 8.55. The third-order valence-corrected chi connectivity index (χ3v) is 5.41. The molecule has 0 aromatic carbocycles. The lowest BCUT2D eigenvalue weighted by Crippen LogP contribution is -2.38. The second-order valence-electron chi connectivity index (χ2n) is 5.69. The van der Waals surface area contributed by atoms with Crippen molar-refractivity contribution in [2.75, 3.05) is 13.6 Å². The van der Waals surface area contributed by atoms with Gasteiger partial charge in [0.1, 0.15) is 0 Å². The van der Waals surface area contributed by atoms with E-state index in [2.05, 4.69) is 13.2 Å². The molecule has 0 rings (SSSR count). The number of allylic oxidation sites excluding steroid dienone is 2. The van der Waals surface area contributed by atoms with Crippen molar-refractivity contribution in [2.24, 2.45) is 5.92 Å². The van der Waals surface area contributed by atoms with E-state index in [0.29, 0.717) is 23.1 Å². The van der Waals surface area contributed by atoms with Crippen LogP contribution in [0.3, 0.4) is 0 Å². The van der Waals surface area contributed by atoms with E-state index in [-0.39, 0.29) is 6.54 Å². The molecule has 3 nitrogen and oxygen atoms in total. The molecule has 0 aliphatic carbocycles. The van der Waals surface area contributed by atoms with E-state index in [1.807, 2.05) is 12.2 Å². The van der Waals surface area contributed by atoms with Gasteiger partial charge in [-0.25, -0.2) is 8.42 Å². The lowest BCUT2D eigenvalue weighted by Gasteiger charge is -2.19. The van der Waals surface area contributed by atoms with E-state index in [0.717, 1.165) is 45.6 Å². The summed E-state index contributed by atoms with van der Waals surface area (Å²) in [7, 11) is -4.23. The highest BCUT2D eigenvalue weighted by Gasteiger charge is 2.48. The van der Waals surface area contributed by atoms with Crippen LogP contribution >= 0.6 is 0 Å². The minimum Gasteiger partial charge on any atom is -0.203 e. The highest BCUT2D eigenvalue weighted by Crippen LogP contribution is 2.26. The molecule has 0 heterocycles. The van der Waals surface area contributed by atoms with E-state index in [9.17, 15) is 21.6 Å². The normalized spacial score (nSPS) is 14.0. The summed E-state index contributed by atoms with van der Waals surface area (Å²) in [5.74, 6) is 0.336. The summed E-state index contributed by atoms with van der Waals surface area (Å²) < 4.78 is 59.7. The molecule has 23 heavy (non-hydrogen) atoms. The predicted octanol–water partition coefficient (Wildman–Crippen LogP) is 4.88. The number of sulfonamides is 1. The smallest absolute Gasteiger partial charge is 0.203 e. The molecular formula is C16H28F3NO2S. The van der Waals surface area contributed by atoms with Crippen molar-refractivity contribution in [3.63, 3.8) is 0 Å². The van der Waals surface area contributed by atoms with Gasteiger partial charge in [-0.05, 0) is 38.0 Å². The molecule has 0 saturated heterocycles. The minimum absolute atomic E-state index is 0.120. The number of rotatable bonds is 13. The molecule has 0 amide bonds. The Morgan fingerprint density at radius 3 is 2.09 bits per heavy atom. The van der Waals surface area contributed by atoms with Gasteiger partial charge in [-0.2, -0.15) is 17.5 Å². The van der Waals surface area contributed by atoms with Gasteiger partial charge in [0.2, 0.25) is 0 Å². The maximum atomic E-state index is 12.4. The zero-order valence-corrected chi connectivity index (χ0v) is 14.6. The summed E-state index contributed by atoms with van der Waals surface area (Å²) in [6.07, 6.45) is 11.1. The van der Waals surface area contributed by atoms with Crippen LogP contribution in [0, 0.1) is 5.92 Å². The molecular weight excluding hydrogens is 327 g/mol. The molecule has 0 spiro atoms. The topological polar surface area (TPSA) is 37.4 Å². The molecule has 136 valence electrons. The van der Waals surface area contributed by atoms with E-state index in [1.165, 1.54) is 0 Å². The van der Waals surface area contributed by atoms with Gasteiger partial charge >= 0.3 is 15.5 Å². The molecule has 0 aromatic heterocycles. The number of alkyl halides is 3. The van der Waals surface area contributed by atoms with Crippen molar-refractivity contribution in [1.82, 2.24) is 4.31 Å². The fraction of sp³-hybridized carbons (Fsp3) is 0.750. The van der Waals surface area contributed by atoms with Gasteiger partial charge in [0, 0.05) is 13.6 Å². The van der Waals surface area contributed by atoms with E-state index < -0.39 is 15.5 Å². The van der Waals surface area contributed by atoms with Gasteiger partial charge in [-0.15, -0.1) is 13.2 Å². The van der Waals surface area contributed by atoms with Gasteiger partial charge in [0.25, 0.3) is 0 Å². The zero-order chi connectivity index (χ0) is 17.9. The molecule has 0 saturated carbocycles. The van der Waals surface area contributed by atoms with Crippen LogP contribution in [0.1, 0.15) is 51.4 Å². The Morgan fingerprint density at radius 1 is 1.04 bits per heavy atom. The van der Waals surface area contributed by atoms with E-state index in [4.69, 9.17) is 0 Å². The van der Waals surface area contributed by atoms with Crippen LogP contribution in [0.25, 0.3) is 0 Å². The standard InChI is InChI=1S/C16H28F3NO2S/c1-4-6-7-8-9-12-15(5-2)13-10-11-14-20(3)23(21,22)16(17,18)19/h4-5,15H,1-2,6-14H2,3H3. The highest BCUT2D eigenvalue weighted by molar-refractivity contribution is 7.89.